The van der Waals surface area contributed by atoms with Crippen LogP contribution in [0.3, 0.4) is 0 Å². The van der Waals surface area contributed by atoms with Crippen molar-refractivity contribution in [2.45, 2.75) is 31.5 Å². The lowest BCUT2D eigenvalue weighted by Gasteiger charge is -2.09. The van der Waals surface area contributed by atoms with Crippen molar-refractivity contribution in [3.63, 3.8) is 0 Å². The molecule has 0 bridgehead atoms. The number of phenols is 2. The Morgan fingerprint density at radius 1 is 1.22 bits per heavy atom. The molecule has 3 rings (SSSR count). The van der Waals surface area contributed by atoms with Gasteiger partial charge in [-0.1, -0.05) is 6.58 Å². The maximum atomic E-state index is 9.95. The molecule has 2 saturated heterocycles. The maximum absolute atomic E-state index is 9.95. The van der Waals surface area contributed by atoms with E-state index >= 15 is 0 Å². The predicted molar refractivity (Wildman–Crippen MR) is 63.0 cm³/mol. The van der Waals surface area contributed by atoms with E-state index in [2.05, 4.69) is 6.58 Å². The number of phenolic OH excluding ortho intramolecular Hbond substituents is 2. The molecule has 2 fully saturated rings. The fourth-order valence-electron chi connectivity index (χ4n) is 2.11. The van der Waals surface area contributed by atoms with Gasteiger partial charge in [-0.05, 0) is 24.6 Å². The van der Waals surface area contributed by atoms with Gasteiger partial charge in [0.1, 0.15) is 23.7 Å². The molecule has 0 aliphatic carbocycles. The highest BCUT2D eigenvalue weighted by Crippen LogP contribution is 2.46. The minimum atomic E-state index is -0.906. The Morgan fingerprint density at radius 3 is 2.33 bits per heavy atom. The Labute approximate surface area is 104 Å². The molecule has 0 spiro atoms. The number of aromatic hydroxyl groups is 2. The average molecular weight is 250 g/mol. The van der Waals surface area contributed by atoms with E-state index in [-0.39, 0.29) is 23.7 Å². The molecule has 0 radical (unpaired) electrons. The molecule has 2 heterocycles. The molecule has 1 aromatic rings. The quantitative estimate of drug-likeness (QED) is 0.556. The van der Waals surface area contributed by atoms with E-state index in [0.29, 0.717) is 16.7 Å². The highest BCUT2D eigenvalue weighted by molar-refractivity contribution is 5.75. The van der Waals surface area contributed by atoms with Gasteiger partial charge in [-0.3, -0.25) is 0 Å². The second-order valence-corrected chi connectivity index (χ2v) is 4.66. The van der Waals surface area contributed by atoms with Crippen molar-refractivity contribution in [1.82, 2.24) is 0 Å². The Morgan fingerprint density at radius 2 is 1.83 bits per heavy atom. The lowest BCUT2D eigenvalue weighted by atomic mass is 9.98. The largest absolute Gasteiger partial charge is 0.508 e. The summed E-state index contributed by atoms with van der Waals surface area (Å²) >= 11 is 0. The van der Waals surface area contributed by atoms with Crippen LogP contribution in [0, 0.1) is 0 Å². The predicted octanol–water partition coefficient (Wildman–Crippen LogP) is 1.29. The van der Waals surface area contributed by atoms with Gasteiger partial charge in [-0.25, -0.2) is 0 Å². The second-order valence-electron chi connectivity index (χ2n) is 4.66. The molecule has 18 heavy (non-hydrogen) atoms. The minimum absolute atomic E-state index is 0.00167. The molecule has 5 heteroatoms. The number of aliphatic hydroxyl groups is 1. The van der Waals surface area contributed by atoms with E-state index in [0.717, 1.165) is 0 Å². The van der Waals surface area contributed by atoms with Crippen LogP contribution in [-0.4, -0.2) is 33.8 Å². The number of aliphatic hydroxyl groups excluding tert-OH is 1. The van der Waals surface area contributed by atoms with Crippen LogP contribution in [0.15, 0.2) is 18.7 Å². The third-order valence-corrected chi connectivity index (χ3v) is 3.32. The third-order valence-electron chi connectivity index (χ3n) is 3.32. The van der Waals surface area contributed by atoms with E-state index in [1.165, 1.54) is 12.1 Å². The van der Waals surface area contributed by atoms with Crippen LogP contribution in [0.2, 0.25) is 0 Å². The number of ether oxygens (including phenoxy) is 2. The average Bonchev–Trinajstić information content (AvgIpc) is 3.20. The molecule has 4 atom stereocenters. The summed E-state index contributed by atoms with van der Waals surface area (Å²) in [5.41, 5.74) is 1.47. The topological polar surface area (TPSA) is 85.8 Å². The smallest absolute Gasteiger partial charge is 0.186 e. The standard InChI is InChI=1S/C13H14O5/c1-5(11-6(2)17-11)7-3-10(15)8(4-9(7)14)12-13(16)18-12/h3-4,6,11-16H,1H2,2H3. The van der Waals surface area contributed by atoms with Gasteiger partial charge in [0.15, 0.2) is 6.29 Å². The zero-order valence-corrected chi connectivity index (χ0v) is 9.83. The summed E-state index contributed by atoms with van der Waals surface area (Å²) < 4.78 is 10.1. The van der Waals surface area contributed by atoms with E-state index in [1.807, 2.05) is 6.92 Å². The Kier molecular flexibility index (Phi) is 2.38. The molecule has 3 N–H and O–H groups in total. The lowest BCUT2D eigenvalue weighted by molar-refractivity contribution is 0.156. The van der Waals surface area contributed by atoms with Crippen LogP contribution >= 0.6 is 0 Å². The molecule has 5 nitrogen and oxygen atoms in total. The number of epoxide rings is 2. The first kappa shape index (κ1) is 11.5. The molecular weight excluding hydrogens is 236 g/mol. The summed E-state index contributed by atoms with van der Waals surface area (Å²) in [5.74, 6) is -0.0306. The fourth-order valence-corrected chi connectivity index (χ4v) is 2.11. The van der Waals surface area contributed by atoms with Crippen LogP contribution in [-0.2, 0) is 9.47 Å². The van der Waals surface area contributed by atoms with Crippen molar-refractivity contribution in [2.75, 3.05) is 0 Å². The van der Waals surface area contributed by atoms with Gasteiger partial charge in [0.25, 0.3) is 0 Å². The van der Waals surface area contributed by atoms with Gasteiger partial charge in [0.2, 0.25) is 0 Å². The SMILES string of the molecule is C=C(c1cc(O)c(C2OC2O)cc1O)C1OC1C. The first-order valence-electron chi connectivity index (χ1n) is 5.73. The molecule has 96 valence electrons. The van der Waals surface area contributed by atoms with Crippen molar-refractivity contribution in [2.24, 2.45) is 0 Å². The Bertz CT molecular complexity index is 524. The van der Waals surface area contributed by atoms with Crippen molar-refractivity contribution >= 4 is 5.57 Å². The molecule has 2 aliphatic rings. The van der Waals surface area contributed by atoms with Gasteiger partial charge in [-0.2, -0.15) is 0 Å². The van der Waals surface area contributed by atoms with Crippen molar-refractivity contribution in [3.8, 4) is 11.5 Å². The Hall–Kier alpha value is -1.56. The van der Waals surface area contributed by atoms with Gasteiger partial charge < -0.3 is 24.8 Å². The van der Waals surface area contributed by atoms with Crippen LogP contribution in [0.25, 0.3) is 5.57 Å². The third kappa shape index (κ3) is 1.77. The summed E-state index contributed by atoms with van der Waals surface area (Å²) in [4.78, 5) is 0. The van der Waals surface area contributed by atoms with Crippen LogP contribution in [0.5, 0.6) is 11.5 Å². The summed E-state index contributed by atoms with van der Waals surface area (Å²) in [6, 6.07) is 2.82. The van der Waals surface area contributed by atoms with E-state index in [4.69, 9.17) is 14.6 Å². The molecule has 0 amide bonds. The molecule has 0 saturated carbocycles. The highest BCUT2D eigenvalue weighted by atomic mass is 16.7. The fraction of sp³-hybridized carbons (Fsp3) is 0.385. The Balaban J connectivity index is 1.92. The lowest BCUT2D eigenvalue weighted by Crippen LogP contribution is -1.96. The summed E-state index contributed by atoms with van der Waals surface area (Å²) in [6.07, 6.45) is -1.48. The van der Waals surface area contributed by atoms with E-state index in [1.54, 1.807) is 0 Å². The van der Waals surface area contributed by atoms with Crippen molar-refractivity contribution in [3.05, 3.63) is 29.8 Å². The first-order valence-corrected chi connectivity index (χ1v) is 5.73. The number of hydrogen-bond acceptors (Lipinski definition) is 5. The molecular formula is C13H14O5. The molecule has 2 aliphatic heterocycles. The zero-order chi connectivity index (χ0) is 13.0. The highest BCUT2D eigenvalue weighted by Gasteiger charge is 2.42. The summed E-state index contributed by atoms with van der Waals surface area (Å²) in [6.45, 7) is 5.78. The molecule has 0 aromatic heterocycles. The summed E-state index contributed by atoms with van der Waals surface area (Å²) in [5, 5.41) is 29.0. The molecule has 4 unspecified atom stereocenters. The maximum Gasteiger partial charge on any atom is 0.186 e. The minimum Gasteiger partial charge on any atom is -0.508 e. The molecule has 1 aromatic carbocycles. The normalized spacial score (nSPS) is 33.2. The second kappa shape index (κ2) is 3.71. The van der Waals surface area contributed by atoms with Crippen molar-refractivity contribution in [1.29, 1.82) is 0 Å². The van der Waals surface area contributed by atoms with E-state index in [9.17, 15) is 10.2 Å². The van der Waals surface area contributed by atoms with E-state index < -0.39 is 12.4 Å². The number of rotatable bonds is 3. The van der Waals surface area contributed by atoms with Gasteiger partial charge in [0.05, 0.1) is 6.10 Å². The van der Waals surface area contributed by atoms with Crippen LogP contribution in [0.4, 0.5) is 0 Å². The van der Waals surface area contributed by atoms with Crippen LogP contribution < -0.4 is 0 Å². The first-order chi connectivity index (χ1) is 8.49. The van der Waals surface area contributed by atoms with Gasteiger partial charge in [-0.15, -0.1) is 0 Å². The zero-order valence-electron chi connectivity index (χ0n) is 9.83. The van der Waals surface area contributed by atoms with Crippen molar-refractivity contribution < 1.29 is 24.8 Å². The van der Waals surface area contributed by atoms with Gasteiger partial charge in [0, 0.05) is 11.1 Å². The monoisotopic (exact) mass is 250 g/mol. The number of hydrogen-bond donors (Lipinski definition) is 3. The van der Waals surface area contributed by atoms with Crippen LogP contribution in [0.1, 0.15) is 24.2 Å². The number of benzene rings is 1. The van der Waals surface area contributed by atoms with Gasteiger partial charge >= 0.3 is 0 Å². The summed E-state index contributed by atoms with van der Waals surface area (Å²) in [7, 11) is 0.